The number of carbonyl (C=O) groups excluding carboxylic acids is 2. The molecule has 2 aromatic rings. The monoisotopic (exact) mass is 567 g/mol. The van der Waals surface area contributed by atoms with Crippen LogP contribution in [0, 0.1) is 5.92 Å². The number of nitrogens with zero attached hydrogens (tertiary/aromatic N) is 2. The van der Waals surface area contributed by atoms with Gasteiger partial charge in [0, 0.05) is 17.6 Å². The Morgan fingerprint density at radius 3 is 2.26 bits per heavy atom. The van der Waals surface area contributed by atoms with E-state index in [-0.39, 0.29) is 24.1 Å². The first kappa shape index (κ1) is 28.6. The molecule has 2 amide bonds. The number of rotatable bonds is 12. The molecular weight excluding hydrogens is 534 g/mol. The van der Waals surface area contributed by atoms with Crippen molar-refractivity contribution in [2.24, 2.45) is 5.92 Å². The lowest BCUT2D eigenvalue weighted by molar-refractivity contribution is -0.139. The molecule has 0 aliphatic heterocycles. The minimum Gasteiger partial charge on any atom is -0.492 e. The van der Waals surface area contributed by atoms with Gasteiger partial charge in [-0.3, -0.25) is 13.9 Å². The van der Waals surface area contributed by atoms with Crippen LogP contribution < -0.4 is 14.4 Å². The van der Waals surface area contributed by atoms with Gasteiger partial charge in [-0.25, -0.2) is 8.42 Å². The van der Waals surface area contributed by atoms with Gasteiger partial charge in [0.05, 0.1) is 18.6 Å². The van der Waals surface area contributed by atoms with Crippen LogP contribution in [0.4, 0.5) is 5.69 Å². The quantitative estimate of drug-likeness (QED) is 0.420. The Balaban J connectivity index is 2.40. The Kier molecular flexibility index (Phi) is 10.6. The second kappa shape index (κ2) is 12.9. The molecule has 10 heteroatoms. The van der Waals surface area contributed by atoms with E-state index in [1.807, 2.05) is 38.1 Å². The third-order valence-electron chi connectivity index (χ3n) is 5.23. The zero-order valence-corrected chi connectivity index (χ0v) is 23.2. The number of amides is 2. The van der Waals surface area contributed by atoms with Crippen LogP contribution in [0.5, 0.6) is 5.75 Å². The Bertz CT molecular complexity index is 1110. The lowest BCUT2D eigenvalue weighted by Gasteiger charge is -2.32. The normalized spacial score (nSPS) is 12.2. The van der Waals surface area contributed by atoms with Crippen LogP contribution in [0.2, 0.25) is 0 Å². The summed E-state index contributed by atoms with van der Waals surface area (Å²) in [5, 5.41) is 2.86. The average molecular weight is 569 g/mol. The molecule has 1 N–H and O–H groups in total. The molecule has 2 aromatic carbocycles. The van der Waals surface area contributed by atoms with E-state index in [0.29, 0.717) is 18.9 Å². The van der Waals surface area contributed by atoms with Crippen LogP contribution in [-0.2, 0) is 26.2 Å². The third-order valence-corrected chi connectivity index (χ3v) is 6.89. The van der Waals surface area contributed by atoms with Gasteiger partial charge in [0.15, 0.2) is 0 Å². The first-order valence-electron chi connectivity index (χ1n) is 11.4. The lowest BCUT2D eigenvalue weighted by atomic mass is 10.1. The van der Waals surface area contributed by atoms with Gasteiger partial charge in [0.1, 0.15) is 18.3 Å². The van der Waals surface area contributed by atoms with Crippen LogP contribution in [0.15, 0.2) is 53.0 Å². The maximum atomic E-state index is 13.6. The van der Waals surface area contributed by atoms with E-state index in [1.165, 1.54) is 4.90 Å². The summed E-state index contributed by atoms with van der Waals surface area (Å²) in [6, 6.07) is 13.3. The van der Waals surface area contributed by atoms with Crippen LogP contribution >= 0.6 is 15.9 Å². The van der Waals surface area contributed by atoms with Crippen molar-refractivity contribution in [1.82, 2.24) is 10.2 Å². The predicted molar refractivity (Wildman–Crippen MR) is 142 cm³/mol. The van der Waals surface area contributed by atoms with Crippen molar-refractivity contribution in [3.05, 3.63) is 58.6 Å². The summed E-state index contributed by atoms with van der Waals surface area (Å²) >= 11 is 3.40. The molecule has 0 spiro atoms. The summed E-state index contributed by atoms with van der Waals surface area (Å²) in [4.78, 5) is 27.9. The highest BCUT2D eigenvalue weighted by molar-refractivity contribution is 9.10. The summed E-state index contributed by atoms with van der Waals surface area (Å²) < 4.78 is 33.0. The first-order chi connectivity index (χ1) is 16.4. The van der Waals surface area contributed by atoms with E-state index in [0.717, 1.165) is 20.6 Å². The van der Waals surface area contributed by atoms with Crippen molar-refractivity contribution in [3.8, 4) is 5.75 Å². The molecule has 0 bridgehead atoms. The van der Waals surface area contributed by atoms with Crippen molar-refractivity contribution in [2.75, 3.05) is 30.3 Å². The molecule has 8 nitrogen and oxygen atoms in total. The summed E-state index contributed by atoms with van der Waals surface area (Å²) in [5.74, 6) is -0.199. The average Bonchev–Trinajstić information content (AvgIpc) is 2.80. The zero-order valence-electron chi connectivity index (χ0n) is 20.8. The van der Waals surface area contributed by atoms with Crippen molar-refractivity contribution in [3.63, 3.8) is 0 Å². The van der Waals surface area contributed by atoms with Gasteiger partial charge in [0.25, 0.3) is 0 Å². The number of nitrogens with one attached hydrogen (secondary N) is 1. The highest BCUT2D eigenvalue weighted by atomic mass is 79.9. The van der Waals surface area contributed by atoms with Crippen LogP contribution in [0.25, 0.3) is 0 Å². The second-order valence-electron chi connectivity index (χ2n) is 8.63. The van der Waals surface area contributed by atoms with E-state index in [2.05, 4.69) is 21.2 Å². The maximum Gasteiger partial charge on any atom is 0.244 e. The lowest BCUT2D eigenvalue weighted by Crippen LogP contribution is -2.51. The van der Waals surface area contributed by atoms with Gasteiger partial charge in [-0.05, 0) is 49.6 Å². The number of halogens is 1. The Hall–Kier alpha value is -2.59. The molecule has 1 atom stereocenters. The van der Waals surface area contributed by atoms with Gasteiger partial charge in [-0.15, -0.1) is 0 Å². The van der Waals surface area contributed by atoms with Crippen LogP contribution in [0.1, 0.15) is 33.3 Å². The molecule has 0 aliphatic rings. The number of ether oxygens (including phenoxy) is 1. The SMILES string of the molecule is CCOc1ccccc1N(CC(=O)N(Cc1ccc(Br)cc1)[C@H](C)C(=O)NCC(C)C)S(C)(=O)=O. The topological polar surface area (TPSA) is 96.0 Å². The van der Waals surface area contributed by atoms with Gasteiger partial charge in [-0.1, -0.05) is 54.0 Å². The van der Waals surface area contributed by atoms with Crippen molar-refractivity contribution in [1.29, 1.82) is 0 Å². The fourth-order valence-corrected chi connectivity index (χ4v) is 4.47. The molecule has 192 valence electrons. The maximum absolute atomic E-state index is 13.6. The van der Waals surface area contributed by atoms with Gasteiger partial charge in [0.2, 0.25) is 21.8 Å². The molecule has 0 aromatic heterocycles. The molecule has 0 fully saturated rings. The Morgan fingerprint density at radius 2 is 1.69 bits per heavy atom. The number of para-hydroxylation sites is 2. The van der Waals surface area contributed by atoms with Crippen molar-refractivity contribution >= 4 is 43.5 Å². The second-order valence-corrected chi connectivity index (χ2v) is 11.5. The Morgan fingerprint density at radius 1 is 1.06 bits per heavy atom. The van der Waals surface area contributed by atoms with Gasteiger partial charge >= 0.3 is 0 Å². The fourth-order valence-electron chi connectivity index (χ4n) is 3.36. The molecule has 0 unspecified atom stereocenters. The van der Waals surface area contributed by atoms with E-state index in [4.69, 9.17) is 4.74 Å². The molecule has 0 aliphatic carbocycles. The fraction of sp³-hybridized carbons (Fsp3) is 0.440. The third kappa shape index (κ3) is 8.54. The predicted octanol–water partition coefficient (Wildman–Crippen LogP) is 3.80. The molecule has 35 heavy (non-hydrogen) atoms. The molecule has 0 heterocycles. The van der Waals surface area contributed by atoms with Crippen molar-refractivity contribution < 1.29 is 22.7 Å². The first-order valence-corrected chi connectivity index (χ1v) is 14.1. The van der Waals surface area contributed by atoms with Gasteiger partial charge < -0.3 is 15.0 Å². The number of hydrogen-bond donors (Lipinski definition) is 1. The minimum absolute atomic E-state index is 0.146. The summed E-state index contributed by atoms with van der Waals surface area (Å²) in [7, 11) is -3.83. The van der Waals surface area contributed by atoms with E-state index >= 15 is 0 Å². The number of anilines is 1. The number of hydrogen-bond acceptors (Lipinski definition) is 5. The van der Waals surface area contributed by atoms with Crippen molar-refractivity contribution in [2.45, 2.75) is 40.3 Å². The molecule has 2 rings (SSSR count). The van der Waals surface area contributed by atoms with E-state index in [1.54, 1.807) is 38.1 Å². The van der Waals surface area contributed by atoms with E-state index < -0.39 is 28.5 Å². The summed E-state index contributed by atoms with van der Waals surface area (Å²) in [5.41, 5.74) is 1.08. The summed E-state index contributed by atoms with van der Waals surface area (Å²) in [6.07, 6.45) is 1.04. The molecule has 0 saturated carbocycles. The summed E-state index contributed by atoms with van der Waals surface area (Å²) in [6.45, 7) is 7.89. The van der Waals surface area contributed by atoms with E-state index in [9.17, 15) is 18.0 Å². The minimum atomic E-state index is -3.83. The van der Waals surface area contributed by atoms with Crippen LogP contribution in [0.3, 0.4) is 0 Å². The standard InChI is InChI=1S/C25H34BrN3O5S/c1-6-34-23-10-8-7-9-22(23)29(35(5,32)33)17-24(30)28(16-20-11-13-21(26)14-12-20)19(4)25(31)27-15-18(2)3/h7-14,18-19H,6,15-17H2,1-5H3,(H,27,31)/t19-/m1/s1. The number of benzene rings is 2. The number of sulfonamides is 1. The number of carbonyl (C=O) groups is 2. The Labute approximate surface area is 216 Å². The smallest absolute Gasteiger partial charge is 0.244 e. The van der Waals surface area contributed by atoms with Gasteiger partial charge in [-0.2, -0.15) is 0 Å². The molecular formula is C25H34BrN3O5S. The highest BCUT2D eigenvalue weighted by Gasteiger charge is 2.31. The highest BCUT2D eigenvalue weighted by Crippen LogP contribution is 2.30. The molecule has 0 radical (unpaired) electrons. The zero-order chi connectivity index (χ0) is 26.2. The largest absolute Gasteiger partial charge is 0.492 e. The molecule has 0 saturated heterocycles. The van der Waals surface area contributed by atoms with Crippen LogP contribution in [-0.4, -0.2) is 57.1 Å².